The second-order valence-corrected chi connectivity index (χ2v) is 8.38. The number of fused-ring (bicyclic) bond motifs is 1. The van der Waals surface area contributed by atoms with Gasteiger partial charge in [-0.3, -0.25) is 4.79 Å². The summed E-state index contributed by atoms with van der Waals surface area (Å²) in [5.41, 5.74) is 2.52. The van der Waals surface area contributed by atoms with Gasteiger partial charge < -0.3 is 10.1 Å². The Bertz CT molecular complexity index is 761. The number of thiophene rings is 1. The molecule has 0 radical (unpaired) electrons. The molecule has 0 saturated carbocycles. The summed E-state index contributed by atoms with van der Waals surface area (Å²) in [4.78, 5) is 26.6. The first-order chi connectivity index (χ1) is 13.0. The third kappa shape index (κ3) is 5.42. The van der Waals surface area contributed by atoms with E-state index >= 15 is 0 Å². The average molecular weight is 386 g/mol. The molecule has 1 N–H and O–H groups in total. The van der Waals surface area contributed by atoms with Crippen molar-refractivity contribution in [2.45, 2.75) is 64.5 Å². The molecule has 0 bridgehead atoms. The standard InChI is InChI=1S/C22H27NO3S/c1-15(12-13-17-8-4-3-5-9-17)23-21(24)16(2)26-22(25)20-14-18-10-6-7-11-19(18)27-20/h3-5,8-9,14-16H,6-7,10-13H2,1-2H3,(H,23,24)/t15-,16-/m0/s1. The van der Waals surface area contributed by atoms with Crippen molar-refractivity contribution in [2.75, 3.05) is 0 Å². The number of hydrogen-bond acceptors (Lipinski definition) is 4. The molecule has 1 aliphatic rings. The van der Waals surface area contributed by atoms with Crippen LogP contribution in [0.4, 0.5) is 0 Å². The molecule has 1 aromatic heterocycles. The van der Waals surface area contributed by atoms with Gasteiger partial charge in [-0.05, 0) is 69.6 Å². The first-order valence-electron chi connectivity index (χ1n) is 9.70. The SMILES string of the molecule is C[C@H](OC(=O)c1cc2c(s1)CCCC2)C(=O)N[C@@H](C)CCc1ccccc1. The summed E-state index contributed by atoms with van der Waals surface area (Å²) in [5, 5.41) is 2.94. The number of rotatable bonds is 7. The lowest BCUT2D eigenvalue weighted by atomic mass is 9.99. The molecular weight excluding hydrogens is 358 g/mol. The lowest BCUT2D eigenvalue weighted by Crippen LogP contribution is -2.40. The summed E-state index contributed by atoms with van der Waals surface area (Å²) in [7, 11) is 0. The van der Waals surface area contributed by atoms with Crippen LogP contribution in [0.15, 0.2) is 36.4 Å². The number of carbonyl (C=O) groups is 2. The first kappa shape index (κ1) is 19.6. The zero-order chi connectivity index (χ0) is 19.2. The molecule has 144 valence electrons. The Hall–Kier alpha value is -2.14. The van der Waals surface area contributed by atoms with Crippen LogP contribution in [0.5, 0.6) is 0 Å². The maximum atomic E-state index is 12.4. The average Bonchev–Trinajstić information content (AvgIpc) is 3.11. The molecular formula is C22H27NO3S. The van der Waals surface area contributed by atoms with Crippen molar-refractivity contribution < 1.29 is 14.3 Å². The zero-order valence-electron chi connectivity index (χ0n) is 16.0. The van der Waals surface area contributed by atoms with Crippen LogP contribution in [0.25, 0.3) is 0 Å². The fourth-order valence-corrected chi connectivity index (χ4v) is 4.46. The van der Waals surface area contributed by atoms with Crippen LogP contribution >= 0.6 is 11.3 Å². The van der Waals surface area contributed by atoms with Crippen molar-refractivity contribution >= 4 is 23.2 Å². The maximum Gasteiger partial charge on any atom is 0.349 e. The molecule has 0 saturated heterocycles. The lowest BCUT2D eigenvalue weighted by molar-refractivity contribution is -0.129. The molecule has 2 aromatic rings. The lowest BCUT2D eigenvalue weighted by Gasteiger charge is -2.17. The van der Waals surface area contributed by atoms with Gasteiger partial charge in [-0.1, -0.05) is 30.3 Å². The Morgan fingerprint density at radius 3 is 2.63 bits per heavy atom. The van der Waals surface area contributed by atoms with Gasteiger partial charge in [-0.2, -0.15) is 0 Å². The van der Waals surface area contributed by atoms with E-state index in [-0.39, 0.29) is 11.9 Å². The summed E-state index contributed by atoms with van der Waals surface area (Å²) in [6.45, 7) is 3.60. The Kier molecular flexibility index (Phi) is 6.67. The van der Waals surface area contributed by atoms with Crippen LogP contribution in [0, 0.1) is 0 Å². The van der Waals surface area contributed by atoms with Gasteiger partial charge in [0.15, 0.2) is 6.10 Å². The second-order valence-electron chi connectivity index (χ2n) is 7.25. The molecule has 0 spiro atoms. The largest absolute Gasteiger partial charge is 0.448 e. The van der Waals surface area contributed by atoms with Gasteiger partial charge in [0, 0.05) is 10.9 Å². The summed E-state index contributed by atoms with van der Waals surface area (Å²) in [5.74, 6) is -0.640. The molecule has 4 nitrogen and oxygen atoms in total. The van der Waals surface area contributed by atoms with E-state index < -0.39 is 12.1 Å². The third-order valence-corrected chi connectivity index (χ3v) is 6.17. The Balaban J connectivity index is 1.46. The maximum absolute atomic E-state index is 12.4. The first-order valence-corrected chi connectivity index (χ1v) is 10.5. The Morgan fingerprint density at radius 1 is 1.15 bits per heavy atom. The van der Waals surface area contributed by atoms with E-state index in [1.807, 2.05) is 31.2 Å². The van der Waals surface area contributed by atoms with Crippen LogP contribution in [-0.4, -0.2) is 24.0 Å². The van der Waals surface area contributed by atoms with Crippen molar-refractivity contribution in [3.63, 3.8) is 0 Å². The van der Waals surface area contributed by atoms with Gasteiger partial charge in [-0.25, -0.2) is 4.79 Å². The monoisotopic (exact) mass is 385 g/mol. The summed E-state index contributed by atoms with van der Waals surface area (Å²) < 4.78 is 5.40. The topological polar surface area (TPSA) is 55.4 Å². The molecule has 5 heteroatoms. The fourth-order valence-electron chi connectivity index (χ4n) is 3.32. The molecule has 27 heavy (non-hydrogen) atoms. The number of amides is 1. The van der Waals surface area contributed by atoms with Crippen LogP contribution < -0.4 is 5.32 Å². The number of carbonyl (C=O) groups excluding carboxylic acids is 2. The highest BCUT2D eigenvalue weighted by molar-refractivity contribution is 7.14. The minimum absolute atomic E-state index is 0.0212. The van der Waals surface area contributed by atoms with Crippen molar-refractivity contribution in [3.05, 3.63) is 57.3 Å². The van der Waals surface area contributed by atoms with E-state index in [0.29, 0.717) is 4.88 Å². The van der Waals surface area contributed by atoms with Crippen LogP contribution in [0.3, 0.4) is 0 Å². The molecule has 3 rings (SSSR count). The van der Waals surface area contributed by atoms with Crippen molar-refractivity contribution in [1.82, 2.24) is 5.32 Å². The summed E-state index contributed by atoms with van der Waals surface area (Å²) >= 11 is 1.51. The van der Waals surface area contributed by atoms with E-state index in [4.69, 9.17) is 4.74 Å². The number of ether oxygens (including phenoxy) is 1. The number of hydrogen-bond donors (Lipinski definition) is 1. The Labute approximate surface area is 164 Å². The molecule has 1 heterocycles. The van der Waals surface area contributed by atoms with Crippen molar-refractivity contribution in [2.24, 2.45) is 0 Å². The number of benzene rings is 1. The molecule has 0 fully saturated rings. The minimum Gasteiger partial charge on any atom is -0.448 e. The van der Waals surface area contributed by atoms with Gasteiger partial charge in [0.1, 0.15) is 4.88 Å². The molecule has 2 atom stereocenters. The van der Waals surface area contributed by atoms with E-state index in [2.05, 4.69) is 17.4 Å². The van der Waals surface area contributed by atoms with Crippen LogP contribution in [0.1, 0.15) is 58.8 Å². The fraction of sp³-hybridized carbons (Fsp3) is 0.455. The molecule has 0 unspecified atom stereocenters. The predicted molar refractivity (Wildman–Crippen MR) is 108 cm³/mol. The van der Waals surface area contributed by atoms with Crippen molar-refractivity contribution in [3.8, 4) is 0 Å². The second kappa shape index (κ2) is 9.18. The van der Waals surface area contributed by atoms with E-state index in [1.54, 1.807) is 6.92 Å². The molecule has 1 aromatic carbocycles. The predicted octanol–water partition coefficient (Wildman–Crippen LogP) is 4.31. The van der Waals surface area contributed by atoms with E-state index in [0.717, 1.165) is 25.7 Å². The van der Waals surface area contributed by atoms with Crippen LogP contribution in [-0.2, 0) is 28.8 Å². The molecule has 1 aliphatic carbocycles. The quantitative estimate of drug-likeness (QED) is 0.723. The molecule has 1 amide bonds. The van der Waals surface area contributed by atoms with Gasteiger partial charge in [0.05, 0.1) is 0 Å². The summed E-state index contributed by atoms with van der Waals surface area (Å²) in [6.07, 6.45) is 5.39. The number of aryl methyl sites for hydroxylation is 3. The highest BCUT2D eigenvalue weighted by Gasteiger charge is 2.23. The zero-order valence-corrected chi connectivity index (χ0v) is 16.8. The summed E-state index contributed by atoms with van der Waals surface area (Å²) in [6, 6.07) is 12.2. The number of nitrogens with one attached hydrogen (secondary N) is 1. The van der Waals surface area contributed by atoms with E-state index in [9.17, 15) is 9.59 Å². The molecule has 0 aliphatic heterocycles. The van der Waals surface area contributed by atoms with Crippen LogP contribution in [0.2, 0.25) is 0 Å². The smallest absolute Gasteiger partial charge is 0.349 e. The highest BCUT2D eigenvalue weighted by atomic mass is 32.1. The van der Waals surface area contributed by atoms with Gasteiger partial charge in [0.25, 0.3) is 5.91 Å². The van der Waals surface area contributed by atoms with Gasteiger partial charge in [-0.15, -0.1) is 11.3 Å². The third-order valence-electron chi connectivity index (χ3n) is 4.95. The van der Waals surface area contributed by atoms with Crippen molar-refractivity contribution in [1.29, 1.82) is 0 Å². The minimum atomic E-state index is -0.796. The number of esters is 1. The van der Waals surface area contributed by atoms with E-state index in [1.165, 1.54) is 40.2 Å². The Morgan fingerprint density at radius 2 is 1.89 bits per heavy atom. The van der Waals surface area contributed by atoms with Gasteiger partial charge >= 0.3 is 5.97 Å². The normalized spacial score (nSPS) is 15.5. The highest BCUT2D eigenvalue weighted by Crippen LogP contribution is 2.30. The van der Waals surface area contributed by atoms with Gasteiger partial charge in [0.2, 0.25) is 0 Å².